The molecule has 1 amide bonds. The molecular weight excluding hydrogens is 290 g/mol. The van der Waals surface area contributed by atoms with Crippen LogP contribution in [-0.4, -0.2) is 17.8 Å². The molecule has 0 aliphatic rings. The quantitative estimate of drug-likeness (QED) is 0.794. The molecule has 0 heterocycles. The minimum Gasteiger partial charge on any atom is -0.352 e. The number of hydrogen-bond donors (Lipinski definition) is 1. The van der Waals surface area contributed by atoms with E-state index < -0.39 is 0 Å². The summed E-state index contributed by atoms with van der Waals surface area (Å²) in [6.07, 6.45) is 2.20. The molecule has 1 unspecified atom stereocenters. The van der Waals surface area contributed by atoms with Crippen LogP contribution in [0.4, 0.5) is 0 Å². The molecule has 3 heteroatoms. The fourth-order valence-electron chi connectivity index (χ4n) is 2.10. The summed E-state index contributed by atoms with van der Waals surface area (Å²) in [5.74, 6) is 0.608. The zero-order valence-electron chi connectivity index (χ0n) is 11.4. The van der Waals surface area contributed by atoms with Gasteiger partial charge in [0.1, 0.15) is 0 Å². The van der Waals surface area contributed by atoms with Crippen LogP contribution >= 0.6 is 15.9 Å². The molecule has 0 aliphatic heterocycles. The van der Waals surface area contributed by atoms with Crippen LogP contribution < -0.4 is 5.32 Å². The van der Waals surface area contributed by atoms with Crippen molar-refractivity contribution in [2.75, 3.05) is 11.9 Å². The summed E-state index contributed by atoms with van der Waals surface area (Å²) in [6.45, 7) is 6.89. The lowest BCUT2D eigenvalue weighted by molar-refractivity contribution is 0.0945. The lowest BCUT2D eigenvalue weighted by Gasteiger charge is -2.16. The Balaban J connectivity index is 2.65. The molecule has 0 fully saturated rings. The van der Waals surface area contributed by atoms with Gasteiger partial charge in [0.2, 0.25) is 0 Å². The van der Waals surface area contributed by atoms with Gasteiger partial charge in [0, 0.05) is 17.4 Å². The number of carbonyl (C=O) groups is 1. The topological polar surface area (TPSA) is 29.1 Å². The minimum absolute atomic E-state index is 0.0543. The fraction of sp³-hybridized carbons (Fsp3) is 0.533. The molecule has 1 rings (SSSR count). The number of hydrogen-bond acceptors (Lipinski definition) is 1. The third-order valence-electron chi connectivity index (χ3n) is 3.35. The number of amides is 1. The van der Waals surface area contributed by atoms with Crippen molar-refractivity contribution in [1.29, 1.82) is 0 Å². The van der Waals surface area contributed by atoms with Crippen LogP contribution in [0.2, 0.25) is 0 Å². The van der Waals surface area contributed by atoms with E-state index in [0.717, 1.165) is 41.4 Å². The SMILES string of the molecule is CCC(CCBr)CNC(=O)c1c(C)cccc1C. The smallest absolute Gasteiger partial charge is 0.251 e. The van der Waals surface area contributed by atoms with Gasteiger partial charge in [-0.3, -0.25) is 4.79 Å². The maximum Gasteiger partial charge on any atom is 0.251 e. The van der Waals surface area contributed by atoms with Crippen LogP contribution in [0.15, 0.2) is 18.2 Å². The van der Waals surface area contributed by atoms with Gasteiger partial charge >= 0.3 is 0 Å². The van der Waals surface area contributed by atoms with Gasteiger partial charge in [-0.25, -0.2) is 0 Å². The average Bonchev–Trinajstić information content (AvgIpc) is 2.34. The van der Waals surface area contributed by atoms with Crippen LogP contribution in [0.3, 0.4) is 0 Å². The van der Waals surface area contributed by atoms with Gasteiger partial charge in [-0.2, -0.15) is 0 Å². The molecule has 0 aliphatic carbocycles. The number of alkyl halides is 1. The van der Waals surface area contributed by atoms with Crippen molar-refractivity contribution in [2.45, 2.75) is 33.6 Å². The maximum atomic E-state index is 12.2. The fourth-order valence-corrected chi connectivity index (χ4v) is 2.75. The number of aryl methyl sites for hydroxylation is 2. The Labute approximate surface area is 118 Å². The number of carbonyl (C=O) groups excluding carboxylic acids is 1. The Bertz CT molecular complexity index is 383. The van der Waals surface area contributed by atoms with Gasteiger partial charge in [-0.1, -0.05) is 47.5 Å². The molecule has 1 N–H and O–H groups in total. The number of benzene rings is 1. The van der Waals surface area contributed by atoms with Crippen molar-refractivity contribution < 1.29 is 4.79 Å². The first-order valence-corrected chi connectivity index (χ1v) is 7.62. The van der Waals surface area contributed by atoms with Crippen molar-refractivity contribution in [3.8, 4) is 0 Å². The highest BCUT2D eigenvalue weighted by Gasteiger charge is 2.13. The molecule has 18 heavy (non-hydrogen) atoms. The second kappa shape index (κ2) is 7.57. The van der Waals surface area contributed by atoms with Gasteiger partial charge in [0.05, 0.1) is 0 Å². The van der Waals surface area contributed by atoms with Crippen molar-refractivity contribution in [1.82, 2.24) is 5.32 Å². The number of rotatable bonds is 6. The summed E-state index contributed by atoms with van der Waals surface area (Å²) >= 11 is 3.45. The monoisotopic (exact) mass is 311 g/mol. The highest BCUT2D eigenvalue weighted by atomic mass is 79.9. The first-order chi connectivity index (χ1) is 8.60. The summed E-state index contributed by atoms with van der Waals surface area (Å²) in [5.41, 5.74) is 2.91. The molecule has 0 spiro atoms. The van der Waals surface area contributed by atoms with E-state index >= 15 is 0 Å². The summed E-state index contributed by atoms with van der Waals surface area (Å²) in [6, 6.07) is 5.95. The average molecular weight is 312 g/mol. The molecular formula is C15H22BrNO. The zero-order chi connectivity index (χ0) is 13.5. The largest absolute Gasteiger partial charge is 0.352 e. The van der Waals surface area contributed by atoms with Crippen molar-refractivity contribution >= 4 is 21.8 Å². The molecule has 0 aromatic heterocycles. The van der Waals surface area contributed by atoms with Crippen LogP contribution in [0, 0.1) is 19.8 Å². The molecule has 0 radical (unpaired) electrons. The highest BCUT2D eigenvalue weighted by molar-refractivity contribution is 9.09. The first kappa shape index (κ1) is 15.2. The van der Waals surface area contributed by atoms with E-state index in [1.54, 1.807) is 0 Å². The summed E-state index contributed by atoms with van der Waals surface area (Å²) < 4.78 is 0. The van der Waals surface area contributed by atoms with Gasteiger partial charge in [-0.15, -0.1) is 0 Å². The van der Waals surface area contributed by atoms with Crippen molar-refractivity contribution in [3.05, 3.63) is 34.9 Å². The molecule has 1 aromatic carbocycles. The van der Waals surface area contributed by atoms with E-state index in [-0.39, 0.29) is 5.91 Å². The van der Waals surface area contributed by atoms with Gasteiger partial charge in [-0.05, 0) is 37.3 Å². The normalized spacial score (nSPS) is 12.2. The molecule has 2 nitrogen and oxygen atoms in total. The third kappa shape index (κ3) is 4.13. The maximum absolute atomic E-state index is 12.2. The predicted octanol–water partition coefficient (Wildman–Crippen LogP) is 3.84. The summed E-state index contributed by atoms with van der Waals surface area (Å²) in [7, 11) is 0. The van der Waals surface area contributed by atoms with E-state index in [4.69, 9.17) is 0 Å². The number of halogens is 1. The number of nitrogens with one attached hydrogen (secondary N) is 1. The predicted molar refractivity (Wildman–Crippen MR) is 80.4 cm³/mol. The first-order valence-electron chi connectivity index (χ1n) is 6.50. The van der Waals surface area contributed by atoms with Crippen molar-refractivity contribution in [2.24, 2.45) is 5.92 Å². The summed E-state index contributed by atoms with van der Waals surface area (Å²) in [5, 5.41) is 4.05. The minimum atomic E-state index is 0.0543. The molecule has 0 saturated heterocycles. The van der Waals surface area contributed by atoms with Gasteiger partial charge < -0.3 is 5.32 Å². The molecule has 1 aromatic rings. The summed E-state index contributed by atoms with van der Waals surface area (Å²) in [4.78, 5) is 12.2. The van der Waals surface area contributed by atoms with Crippen molar-refractivity contribution in [3.63, 3.8) is 0 Å². The Morgan fingerprint density at radius 1 is 1.33 bits per heavy atom. The van der Waals surface area contributed by atoms with Crippen LogP contribution in [0.25, 0.3) is 0 Å². The Morgan fingerprint density at radius 3 is 2.44 bits per heavy atom. The standard InChI is InChI=1S/C15H22BrNO/c1-4-13(8-9-16)10-17-15(18)14-11(2)6-5-7-12(14)3/h5-7,13H,4,8-10H2,1-3H3,(H,17,18). The van der Waals surface area contributed by atoms with Crippen LogP contribution in [0.5, 0.6) is 0 Å². The zero-order valence-corrected chi connectivity index (χ0v) is 13.0. The van der Waals surface area contributed by atoms with E-state index in [0.29, 0.717) is 5.92 Å². The molecule has 0 bridgehead atoms. The Kier molecular flexibility index (Phi) is 6.41. The van der Waals surface area contributed by atoms with E-state index in [2.05, 4.69) is 28.2 Å². The van der Waals surface area contributed by atoms with Crippen LogP contribution in [0.1, 0.15) is 41.3 Å². The third-order valence-corrected chi connectivity index (χ3v) is 3.81. The lowest BCUT2D eigenvalue weighted by atomic mass is 10.0. The lowest BCUT2D eigenvalue weighted by Crippen LogP contribution is -2.30. The molecule has 100 valence electrons. The van der Waals surface area contributed by atoms with Gasteiger partial charge in [0.15, 0.2) is 0 Å². The second-order valence-corrected chi connectivity index (χ2v) is 5.52. The second-order valence-electron chi connectivity index (χ2n) is 4.73. The van der Waals surface area contributed by atoms with E-state index in [9.17, 15) is 4.79 Å². The van der Waals surface area contributed by atoms with E-state index in [1.807, 2.05) is 32.0 Å². The highest BCUT2D eigenvalue weighted by Crippen LogP contribution is 2.14. The Morgan fingerprint density at radius 2 is 1.94 bits per heavy atom. The molecule has 0 saturated carbocycles. The molecule has 1 atom stereocenters. The van der Waals surface area contributed by atoms with E-state index in [1.165, 1.54) is 0 Å². The Hall–Kier alpha value is -0.830. The van der Waals surface area contributed by atoms with Crippen LogP contribution in [-0.2, 0) is 0 Å². The van der Waals surface area contributed by atoms with Gasteiger partial charge in [0.25, 0.3) is 5.91 Å².